The summed E-state index contributed by atoms with van der Waals surface area (Å²) in [6.07, 6.45) is 3.36. The van der Waals surface area contributed by atoms with E-state index in [0.29, 0.717) is 12.5 Å². The van der Waals surface area contributed by atoms with Gasteiger partial charge >= 0.3 is 11.9 Å². The maximum absolute atomic E-state index is 11.0. The van der Waals surface area contributed by atoms with Crippen LogP contribution in [0.3, 0.4) is 0 Å². The van der Waals surface area contributed by atoms with Crippen LogP contribution in [0, 0.1) is 0 Å². The van der Waals surface area contributed by atoms with E-state index in [0.717, 1.165) is 18.9 Å². The fourth-order valence-electron chi connectivity index (χ4n) is 0.946. The number of unbranched alkanes of at least 4 members (excludes halogenated alkanes) is 1. The third-order valence-corrected chi connectivity index (χ3v) is 1.68. The summed E-state index contributed by atoms with van der Waals surface area (Å²) in [5, 5.41) is 17.8. The predicted molar refractivity (Wildman–Crippen MR) is 53.0 cm³/mol. The Morgan fingerprint density at radius 1 is 1.40 bits per heavy atom. The summed E-state index contributed by atoms with van der Waals surface area (Å²) < 4.78 is 4.66. The van der Waals surface area contributed by atoms with E-state index in [1.807, 2.05) is 6.92 Å². The van der Waals surface area contributed by atoms with E-state index >= 15 is 0 Å². The molecule has 1 atom stereocenters. The van der Waals surface area contributed by atoms with Crippen LogP contribution in [0.2, 0.25) is 0 Å². The molecule has 2 N–H and O–H groups in total. The number of carbonyl (C=O) groups is 2. The molecule has 0 fully saturated rings. The summed E-state index contributed by atoms with van der Waals surface area (Å²) in [6.45, 7) is 3.32. The summed E-state index contributed by atoms with van der Waals surface area (Å²) >= 11 is 0. The van der Waals surface area contributed by atoms with Crippen molar-refractivity contribution in [3.8, 4) is 0 Å². The molecule has 0 aliphatic carbocycles. The van der Waals surface area contributed by atoms with Crippen LogP contribution in [0.1, 0.15) is 33.1 Å². The largest absolute Gasteiger partial charge is 0.478 e. The molecule has 15 heavy (non-hydrogen) atoms. The molecular weight excluding hydrogens is 200 g/mol. The van der Waals surface area contributed by atoms with Crippen LogP contribution in [0.5, 0.6) is 0 Å². The third-order valence-electron chi connectivity index (χ3n) is 1.68. The third kappa shape index (κ3) is 7.69. The van der Waals surface area contributed by atoms with Gasteiger partial charge in [0.05, 0.1) is 0 Å². The molecule has 0 rings (SSSR count). The lowest BCUT2D eigenvalue weighted by atomic mass is 10.1. The zero-order valence-corrected chi connectivity index (χ0v) is 8.90. The van der Waals surface area contributed by atoms with E-state index in [9.17, 15) is 14.7 Å². The van der Waals surface area contributed by atoms with Crippen LogP contribution >= 0.6 is 0 Å². The van der Waals surface area contributed by atoms with E-state index in [1.165, 1.54) is 6.92 Å². The van der Waals surface area contributed by atoms with Gasteiger partial charge in [0.2, 0.25) is 5.79 Å². The molecule has 86 valence electrons. The predicted octanol–water partition coefficient (Wildman–Crippen LogP) is 1.07. The molecule has 0 aliphatic rings. The summed E-state index contributed by atoms with van der Waals surface area (Å²) in [5.74, 6) is -3.63. The molecule has 1 unspecified atom stereocenters. The molecule has 5 nitrogen and oxygen atoms in total. The molecule has 0 amide bonds. The van der Waals surface area contributed by atoms with Crippen LogP contribution in [-0.4, -0.2) is 27.9 Å². The molecular formula is C10H16O5. The van der Waals surface area contributed by atoms with Gasteiger partial charge in [0, 0.05) is 25.5 Å². The summed E-state index contributed by atoms with van der Waals surface area (Å²) in [5.41, 5.74) is 0. The second-order valence-electron chi connectivity index (χ2n) is 3.37. The van der Waals surface area contributed by atoms with Gasteiger partial charge in [0.25, 0.3) is 0 Å². The molecule has 0 bridgehead atoms. The van der Waals surface area contributed by atoms with Gasteiger partial charge < -0.3 is 14.9 Å². The molecule has 0 aromatic rings. The van der Waals surface area contributed by atoms with Crippen molar-refractivity contribution in [2.45, 2.75) is 38.9 Å². The lowest BCUT2D eigenvalue weighted by Crippen LogP contribution is -2.30. The van der Waals surface area contributed by atoms with Gasteiger partial charge in [-0.1, -0.05) is 13.3 Å². The van der Waals surface area contributed by atoms with E-state index in [-0.39, 0.29) is 0 Å². The highest BCUT2D eigenvalue weighted by Gasteiger charge is 2.23. The Bertz CT molecular complexity index is 255. The Labute approximate surface area is 88.4 Å². The lowest BCUT2D eigenvalue weighted by molar-refractivity contribution is -0.199. The first-order valence-corrected chi connectivity index (χ1v) is 4.74. The van der Waals surface area contributed by atoms with Crippen LogP contribution in [0.15, 0.2) is 12.2 Å². The maximum atomic E-state index is 11.0. The van der Waals surface area contributed by atoms with E-state index in [4.69, 9.17) is 5.11 Å². The van der Waals surface area contributed by atoms with Crippen molar-refractivity contribution in [2.75, 3.05) is 0 Å². The zero-order chi connectivity index (χ0) is 11.9. The quantitative estimate of drug-likeness (QED) is 0.394. The van der Waals surface area contributed by atoms with Crippen LogP contribution < -0.4 is 0 Å². The summed E-state index contributed by atoms with van der Waals surface area (Å²) in [4.78, 5) is 21.1. The molecule has 0 saturated carbocycles. The highest BCUT2D eigenvalue weighted by Crippen LogP contribution is 2.15. The van der Waals surface area contributed by atoms with Crippen molar-refractivity contribution in [1.82, 2.24) is 0 Å². The molecule has 0 aliphatic heterocycles. The van der Waals surface area contributed by atoms with Gasteiger partial charge in [-0.15, -0.1) is 0 Å². The second kappa shape index (κ2) is 6.19. The lowest BCUT2D eigenvalue weighted by Gasteiger charge is -2.22. The molecule has 5 heteroatoms. The zero-order valence-electron chi connectivity index (χ0n) is 8.90. The Kier molecular flexibility index (Phi) is 5.62. The second-order valence-corrected chi connectivity index (χ2v) is 3.37. The number of rotatable bonds is 6. The monoisotopic (exact) mass is 216 g/mol. The molecule has 0 heterocycles. The number of ether oxygens (including phenoxy) is 1. The van der Waals surface area contributed by atoms with Crippen molar-refractivity contribution in [2.24, 2.45) is 0 Å². The Morgan fingerprint density at radius 2 is 2.00 bits per heavy atom. The van der Waals surface area contributed by atoms with E-state index in [2.05, 4.69) is 4.74 Å². The normalized spacial score (nSPS) is 14.9. The fraction of sp³-hybridized carbons (Fsp3) is 0.600. The average molecular weight is 216 g/mol. The highest BCUT2D eigenvalue weighted by molar-refractivity contribution is 5.90. The molecule has 0 spiro atoms. The molecule has 0 aromatic heterocycles. The SMILES string of the molecule is CCCCC(C)(O)OC(=O)C=CC(=O)O. The number of carboxylic acid groups (broad SMARTS) is 1. The summed E-state index contributed by atoms with van der Waals surface area (Å²) in [6, 6.07) is 0. The van der Waals surface area contributed by atoms with Crippen LogP contribution in [-0.2, 0) is 14.3 Å². The van der Waals surface area contributed by atoms with Gasteiger partial charge in [-0.25, -0.2) is 9.59 Å². The maximum Gasteiger partial charge on any atom is 0.333 e. The minimum atomic E-state index is -1.53. The van der Waals surface area contributed by atoms with Crippen LogP contribution in [0.25, 0.3) is 0 Å². The topological polar surface area (TPSA) is 83.8 Å². The number of carboxylic acids is 1. The van der Waals surface area contributed by atoms with Gasteiger partial charge in [0.1, 0.15) is 0 Å². The Balaban J connectivity index is 4.09. The highest BCUT2D eigenvalue weighted by atomic mass is 16.7. The number of hydrogen-bond donors (Lipinski definition) is 2. The number of carbonyl (C=O) groups excluding carboxylic acids is 1. The number of esters is 1. The number of hydrogen-bond acceptors (Lipinski definition) is 4. The van der Waals surface area contributed by atoms with Crippen molar-refractivity contribution in [3.63, 3.8) is 0 Å². The van der Waals surface area contributed by atoms with Crippen molar-refractivity contribution < 1.29 is 24.5 Å². The molecule has 0 radical (unpaired) electrons. The Hall–Kier alpha value is -1.36. The first kappa shape index (κ1) is 13.6. The smallest absolute Gasteiger partial charge is 0.333 e. The van der Waals surface area contributed by atoms with Crippen molar-refractivity contribution >= 4 is 11.9 Å². The molecule has 0 aromatic carbocycles. The first-order valence-electron chi connectivity index (χ1n) is 4.74. The number of aliphatic hydroxyl groups is 1. The van der Waals surface area contributed by atoms with Crippen LogP contribution in [0.4, 0.5) is 0 Å². The standard InChI is InChI=1S/C10H16O5/c1-3-4-7-10(2,14)15-9(13)6-5-8(11)12/h5-6,14H,3-4,7H2,1-2H3,(H,11,12). The van der Waals surface area contributed by atoms with Gasteiger partial charge in [-0.3, -0.25) is 0 Å². The summed E-state index contributed by atoms with van der Waals surface area (Å²) in [7, 11) is 0. The minimum absolute atomic E-state index is 0.330. The molecule has 0 saturated heterocycles. The fourth-order valence-corrected chi connectivity index (χ4v) is 0.946. The number of aliphatic carboxylic acids is 1. The van der Waals surface area contributed by atoms with Crippen molar-refractivity contribution in [1.29, 1.82) is 0 Å². The van der Waals surface area contributed by atoms with Gasteiger partial charge in [-0.05, 0) is 6.42 Å². The van der Waals surface area contributed by atoms with E-state index in [1.54, 1.807) is 0 Å². The van der Waals surface area contributed by atoms with Gasteiger partial charge in [-0.2, -0.15) is 0 Å². The first-order chi connectivity index (χ1) is 6.87. The van der Waals surface area contributed by atoms with Gasteiger partial charge in [0.15, 0.2) is 0 Å². The Morgan fingerprint density at radius 3 is 2.47 bits per heavy atom. The van der Waals surface area contributed by atoms with E-state index < -0.39 is 17.7 Å². The minimum Gasteiger partial charge on any atom is -0.478 e. The average Bonchev–Trinajstić information content (AvgIpc) is 2.11. The van der Waals surface area contributed by atoms with Crippen molar-refractivity contribution in [3.05, 3.63) is 12.2 Å².